The molecule has 1 N–H and O–H groups in total. The minimum absolute atomic E-state index is 0.0925. The highest BCUT2D eigenvalue weighted by molar-refractivity contribution is 6.20. The molecular weight excluding hydrogens is 282 g/mol. The number of amides is 1. The second kappa shape index (κ2) is 7.85. The largest absolute Gasteiger partial charge is 0.496 e. The summed E-state index contributed by atoms with van der Waals surface area (Å²) in [6, 6.07) is 3.20. The van der Waals surface area contributed by atoms with Gasteiger partial charge in [-0.1, -0.05) is 6.92 Å². The molecule has 0 saturated heterocycles. The van der Waals surface area contributed by atoms with E-state index < -0.39 is 0 Å². The number of halogens is 1. The molecule has 0 aliphatic carbocycles. The van der Waals surface area contributed by atoms with Gasteiger partial charge in [-0.15, -0.1) is 11.6 Å². The van der Waals surface area contributed by atoms with E-state index in [4.69, 9.17) is 25.8 Å². The van der Waals surface area contributed by atoms with Gasteiger partial charge < -0.3 is 19.5 Å². The molecule has 0 radical (unpaired) electrons. The van der Waals surface area contributed by atoms with Crippen molar-refractivity contribution in [1.82, 2.24) is 5.32 Å². The molecule has 0 heterocycles. The Labute approximate surface area is 124 Å². The zero-order valence-electron chi connectivity index (χ0n) is 12.2. The standard InChI is InChI=1S/C14H20ClNO4/c1-5-9(15)8-16-14(17)10-6-12(19-3)13(20-4)7-11(10)18-2/h6-7,9H,5,8H2,1-4H3,(H,16,17). The molecule has 1 atom stereocenters. The third-order valence-corrected chi connectivity index (χ3v) is 3.34. The molecule has 0 bridgehead atoms. The van der Waals surface area contributed by atoms with Crippen molar-refractivity contribution in [2.45, 2.75) is 18.7 Å². The molecule has 20 heavy (non-hydrogen) atoms. The Morgan fingerprint density at radius 3 is 2.20 bits per heavy atom. The van der Waals surface area contributed by atoms with E-state index >= 15 is 0 Å². The number of hydrogen-bond donors (Lipinski definition) is 1. The minimum Gasteiger partial charge on any atom is -0.496 e. The monoisotopic (exact) mass is 301 g/mol. The number of alkyl halides is 1. The van der Waals surface area contributed by atoms with E-state index in [-0.39, 0.29) is 11.3 Å². The van der Waals surface area contributed by atoms with Crippen LogP contribution in [-0.4, -0.2) is 39.2 Å². The summed E-state index contributed by atoms with van der Waals surface area (Å²) in [6.45, 7) is 2.36. The van der Waals surface area contributed by atoms with Gasteiger partial charge >= 0.3 is 0 Å². The Bertz CT molecular complexity index is 465. The van der Waals surface area contributed by atoms with Crippen molar-refractivity contribution in [3.05, 3.63) is 17.7 Å². The van der Waals surface area contributed by atoms with Crippen molar-refractivity contribution in [3.63, 3.8) is 0 Å². The van der Waals surface area contributed by atoms with Crippen LogP contribution >= 0.6 is 11.6 Å². The molecule has 1 unspecified atom stereocenters. The first kappa shape index (κ1) is 16.4. The molecule has 0 saturated carbocycles. The molecule has 0 aliphatic rings. The fourth-order valence-electron chi connectivity index (χ4n) is 1.65. The summed E-state index contributed by atoms with van der Waals surface area (Å²) in [5.74, 6) is 1.13. The van der Waals surface area contributed by atoms with Gasteiger partial charge in [0, 0.05) is 18.7 Å². The Kier molecular flexibility index (Phi) is 6.45. The van der Waals surface area contributed by atoms with Crippen LogP contribution in [0, 0.1) is 0 Å². The Morgan fingerprint density at radius 2 is 1.70 bits per heavy atom. The SMILES string of the molecule is CCC(Cl)CNC(=O)c1cc(OC)c(OC)cc1OC. The molecule has 6 heteroatoms. The molecule has 1 aromatic rings. The van der Waals surface area contributed by atoms with E-state index in [1.165, 1.54) is 21.3 Å². The average Bonchev–Trinajstić information content (AvgIpc) is 2.50. The highest BCUT2D eigenvalue weighted by atomic mass is 35.5. The van der Waals surface area contributed by atoms with Crippen molar-refractivity contribution in [2.24, 2.45) is 0 Å². The zero-order chi connectivity index (χ0) is 15.1. The molecule has 112 valence electrons. The highest BCUT2D eigenvalue weighted by Gasteiger charge is 2.18. The van der Waals surface area contributed by atoms with E-state index in [2.05, 4.69) is 5.32 Å². The summed E-state index contributed by atoms with van der Waals surface area (Å²) in [4.78, 5) is 12.2. The second-order valence-electron chi connectivity index (χ2n) is 4.12. The van der Waals surface area contributed by atoms with Crippen molar-refractivity contribution >= 4 is 17.5 Å². The molecule has 0 aromatic heterocycles. The van der Waals surface area contributed by atoms with Gasteiger partial charge in [0.15, 0.2) is 11.5 Å². The van der Waals surface area contributed by atoms with Crippen LogP contribution in [0.3, 0.4) is 0 Å². The number of rotatable bonds is 7. The molecule has 0 spiro atoms. The van der Waals surface area contributed by atoms with Crippen LogP contribution < -0.4 is 19.5 Å². The van der Waals surface area contributed by atoms with Gasteiger partial charge in [0.2, 0.25) is 0 Å². The predicted octanol–water partition coefficient (Wildman–Crippen LogP) is 2.46. The van der Waals surface area contributed by atoms with E-state index in [9.17, 15) is 4.79 Å². The first-order chi connectivity index (χ1) is 9.57. The molecule has 1 amide bonds. The van der Waals surface area contributed by atoms with E-state index in [0.29, 0.717) is 29.4 Å². The van der Waals surface area contributed by atoms with Gasteiger partial charge in [-0.3, -0.25) is 4.79 Å². The fraction of sp³-hybridized carbons (Fsp3) is 0.500. The van der Waals surface area contributed by atoms with Crippen LogP contribution in [0.1, 0.15) is 23.7 Å². The first-order valence-corrected chi connectivity index (χ1v) is 6.73. The number of carbonyl (C=O) groups excluding carboxylic acids is 1. The smallest absolute Gasteiger partial charge is 0.255 e. The van der Waals surface area contributed by atoms with E-state index in [1.54, 1.807) is 12.1 Å². The third-order valence-electron chi connectivity index (χ3n) is 2.88. The summed E-state index contributed by atoms with van der Waals surface area (Å²) in [7, 11) is 4.53. The maximum Gasteiger partial charge on any atom is 0.255 e. The Hall–Kier alpha value is -1.62. The molecule has 0 fully saturated rings. The van der Waals surface area contributed by atoms with Crippen LogP contribution in [0.25, 0.3) is 0 Å². The summed E-state index contributed by atoms with van der Waals surface area (Å²) in [5.41, 5.74) is 0.380. The van der Waals surface area contributed by atoms with E-state index in [1.807, 2.05) is 6.92 Å². The van der Waals surface area contributed by atoms with Crippen LogP contribution in [0.15, 0.2) is 12.1 Å². The second-order valence-corrected chi connectivity index (χ2v) is 4.74. The lowest BCUT2D eigenvalue weighted by atomic mass is 10.1. The van der Waals surface area contributed by atoms with E-state index in [0.717, 1.165) is 6.42 Å². The van der Waals surface area contributed by atoms with Gasteiger partial charge in [0.25, 0.3) is 5.91 Å². The average molecular weight is 302 g/mol. The first-order valence-electron chi connectivity index (χ1n) is 6.29. The van der Waals surface area contributed by atoms with Gasteiger partial charge in [0.05, 0.1) is 32.3 Å². The summed E-state index contributed by atoms with van der Waals surface area (Å²) in [6.07, 6.45) is 0.783. The maximum absolute atomic E-state index is 12.2. The zero-order valence-corrected chi connectivity index (χ0v) is 12.9. The Balaban J connectivity index is 3.00. The van der Waals surface area contributed by atoms with Crippen molar-refractivity contribution < 1.29 is 19.0 Å². The topological polar surface area (TPSA) is 56.8 Å². The highest BCUT2D eigenvalue weighted by Crippen LogP contribution is 2.34. The molecule has 5 nitrogen and oxygen atoms in total. The number of ether oxygens (including phenoxy) is 3. The van der Waals surface area contributed by atoms with Crippen LogP contribution in [0.2, 0.25) is 0 Å². The third kappa shape index (κ3) is 3.93. The van der Waals surface area contributed by atoms with Crippen LogP contribution in [0.5, 0.6) is 17.2 Å². The van der Waals surface area contributed by atoms with Gasteiger partial charge in [0.1, 0.15) is 5.75 Å². The van der Waals surface area contributed by atoms with Crippen LogP contribution in [-0.2, 0) is 0 Å². The lowest BCUT2D eigenvalue weighted by Gasteiger charge is -2.14. The lowest BCUT2D eigenvalue weighted by molar-refractivity contribution is 0.0950. The van der Waals surface area contributed by atoms with Crippen molar-refractivity contribution in [2.75, 3.05) is 27.9 Å². The molecule has 1 aromatic carbocycles. The molecule has 1 rings (SSSR count). The fourth-order valence-corrected chi connectivity index (χ4v) is 1.73. The van der Waals surface area contributed by atoms with Gasteiger partial charge in [-0.05, 0) is 6.42 Å². The summed E-state index contributed by atoms with van der Waals surface area (Å²) >= 11 is 5.99. The number of benzene rings is 1. The number of hydrogen-bond acceptors (Lipinski definition) is 4. The quantitative estimate of drug-likeness (QED) is 0.786. The van der Waals surface area contributed by atoms with Gasteiger partial charge in [-0.2, -0.15) is 0 Å². The number of methoxy groups -OCH3 is 3. The van der Waals surface area contributed by atoms with Crippen LogP contribution in [0.4, 0.5) is 0 Å². The summed E-state index contributed by atoms with van der Waals surface area (Å²) in [5, 5.41) is 2.67. The summed E-state index contributed by atoms with van der Waals surface area (Å²) < 4.78 is 15.6. The normalized spacial score (nSPS) is 11.7. The minimum atomic E-state index is -0.262. The lowest BCUT2D eigenvalue weighted by Crippen LogP contribution is -2.29. The maximum atomic E-state index is 12.2. The van der Waals surface area contributed by atoms with Crippen molar-refractivity contribution in [3.8, 4) is 17.2 Å². The predicted molar refractivity (Wildman–Crippen MR) is 78.4 cm³/mol. The van der Waals surface area contributed by atoms with Gasteiger partial charge in [-0.25, -0.2) is 0 Å². The number of nitrogens with one attached hydrogen (secondary N) is 1. The Morgan fingerprint density at radius 1 is 1.15 bits per heavy atom. The number of carbonyl (C=O) groups is 1. The molecular formula is C14H20ClNO4. The molecule has 0 aliphatic heterocycles. The van der Waals surface area contributed by atoms with Crippen molar-refractivity contribution in [1.29, 1.82) is 0 Å².